The summed E-state index contributed by atoms with van der Waals surface area (Å²) in [5.41, 5.74) is 6.08. The Hall–Kier alpha value is -2.46. The molecule has 9 nitrogen and oxygen atoms in total. The van der Waals surface area contributed by atoms with E-state index in [2.05, 4.69) is 11.6 Å². The maximum atomic E-state index is 12.3. The molecule has 1 saturated heterocycles. The molecule has 1 aliphatic rings. The molecule has 0 aliphatic carbocycles. The molecule has 2 amide bonds. The molecule has 2 heterocycles. The van der Waals surface area contributed by atoms with Crippen LogP contribution in [0.1, 0.15) is 22.5 Å². The monoisotopic (exact) mass is 383 g/mol. The summed E-state index contributed by atoms with van der Waals surface area (Å²) < 4.78 is 32.9. The fraction of sp³-hybridized carbons (Fsp3) is 0.438. The second-order valence-corrected chi connectivity index (χ2v) is 7.55. The Labute approximate surface area is 151 Å². The molecule has 0 aromatic carbocycles. The van der Waals surface area contributed by atoms with Crippen LogP contribution in [0, 0.1) is 0 Å². The third-order valence-electron chi connectivity index (χ3n) is 3.79. The van der Waals surface area contributed by atoms with Crippen LogP contribution in [0.15, 0.2) is 31.0 Å². The summed E-state index contributed by atoms with van der Waals surface area (Å²) in [4.78, 5) is 28.8. The third kappa shape index (κ3) is 5.53. The highest BCUT2D eigenvalue weighted by Crippen LogP contribution is 2.25. The Balaban J connectivity index is 2.17. The van der Waals surface area contributed by atoms with Crippen LogP contribution in [0.3, 0.4) is 0 Å². The molecule has 0 saturated carbocycles. The van der Waals surface area contributed by atoms with Crippen LogP contribution >= 0.6 is 0 Å². The molecule has 1 fully saturated rings. The van der Waals surface area contributed by atoms with Gasteiger partial charge >= 0.3 is 6.09 Å². The highest BCUT2D eigenvalue weighted by molar-refractivity contribution is 7.86. The maximum Gasteiger partial charge on any atom is 0.410 e. The van der Waals surface area contributed by atoms with Gasteiger partial charge in [-0.2, -0.15) is 8.42 Å². The van der Waals surface area contributed by atoms with Gasteiger partial charge < -0.3 is 15.4 Å². The number of pyridine rings is 1. The third-order valence-corrected chi connectivity index (χ3v) is 4.42. The fourth-order valence-electron chi connectivity index (χ4n) is 2.83. The lowest BCUT2D eigenvalue weighted by atomic mass is 10.0. The van der Waals surface area contributed by atoms with Crippen molar-refractivity contribution in [2.75, 3.05) is 19.4 Å². The van der Waals surface area contributed by atoms with E-state index in [0.717, 1.165) is 11.8 Å². The first kappa shape index (κ1) is 19.9. The predicted molar refractivity (Wildman–Crippen MR) is 92.8 cm³/mol. The largest absolute Gasteiger partial charge is 0.445 e. The molecule has 26 heavy (non-hydrogen) atoms. The number of nitrogens with zero attached hydrogens (tertiary/aromatic N) is 2. The first-order valence-corrected chi connectivity index (χ1v) is 9.68. The van der Waals surface area contributed by atoms with Gasteiger partial charge in [0.1, 0.15) is 12.3 Å². The van der Waals surface area contributed by atoms with E-state index in [-0.39, 0.29) is 24.9 Å². The molecule has 1 aliphatic heterocycles. The lowest BCUT2D eigenvalue weighted by molar-refractivity contribution is 0.0993. The van der Waals surface area contributed by atoms with Crippen molar-refractivity contribution in [3.05, 3.63) is 42.2 Å². The summed E-state index contributed by atoms with van der Waals surface area (Å²) in [6.45, 7) is 3.61. The number of primary amides is 1. The molecule has 2 N–H and O–H groups in total. The van der Waals surface area contributed by atoms with Crippen LogP contribution in [-0.4, -0.2) is 61.9 Å². The Morgan fingerprint density at radius 1 is 1.50 bits per heavy atom. The van der Waals surface area contributed by atoms with Gasteiger partial charge in [0.2, 0.25) is 0 Å². The molecule has 0 radical (unpaired) electrons. The molecule has 0 unspecified atom stereocenters. The van der Waals surface area contributed by atoms with Crippen LogP contribution < -0.4 is 5.73 Å². The highest BCUT2D eigenvalue weighted by atomic mass is 32.2. The molecular formula is C16H21N3O6S. The number of hydrogen-bond acceptors (Lipinski definition) is 7. The Morgan fingerprint density at radius 3 is 2.85 bits per heavy atom. The van der Waals surface area contributed by atoms with Crippen molar-refractivity contribution in [3.63, 3.8) is 0 Å². The molecule has 10 heteroatoms. The van der Waals surface area contributed by atoms with Crippen molar-refractivity contribution in [2.45, 2.75) is 25.0 Å². The van der Waals surface area contributed by atoms with E-state index in [1.807, 2.05) is 0 Å². The van der Waals surface area contributed by atoms with Gasteiger partial charge in [-0.15, -0.1) is 0 Å². The van der Waals surface area contributed by atoms with E-state index in [9.17, 15) is 18.0 Å². The second-order valence-electron chi connectivity index (χ2n) is 5.95. The quantitative estimate of drug-likeness (QED) is 0.535. The number of carbonyl (C=O) groups is 2. The number of hydrogen-bond donors (Lipinski definition) is 1. The van der Waals surface area contributed by atoms with Gasteiger partial charge in [-0.3, -0.25) is 14.0 Å². The van der Waals surface area contributed by atoms with Crippen molar-refractivity contribution < 1.29 is 26.9 Å². The Kier molecular flexibility index (Phi) is 6.32. The number of nitrogens with two attached hydrogens (primary N) is 1. The predicted octanol–water partition coefficient (Wildman–Crippen LogP) is 0.465. The SMILES string of the molecule is C=CCOC(=O)N1C[C@H](OS(C)(=O)=O)C[C@H]1Cc1ccnc(C(N)=O)c1. The number of rotatable bonds is 7. The van der Waals surface area contributed by atoms with E-state index in [0.29, 0.717) is 12.8 Å². The number of ether oxygens (including phenoxy) is 1. The Morgan fingerprint density at radius 2 is 2.23 bits per heavy atom. The summed E-state index contributed by atoms with van der Waals surface area (Å²) in [5.74, 6) is -0.654. The maximum absolute atomic E-state index is 12.3. The minimum absolute atomic E-state index is 0.0424. The zero-order chi connectivity index (χ0) is 19.3. The van der Waals surface area contributed by atoms with Crippen molar-refractivity contribution in [2.24, 2.45) is 5.73 Å². The topological polar surface area (TPSA) is 129 Å². The number of aromatic nitrogens is 1. The first-order valence-electron chi connectivity index (χ1n) is 7.87. The highest BCUT2D eigenvalue weighted by Gasteiger charge is 2.38. The van der Waals surface area contributed by atoms with Crippen LogP contribution in [0.5, 0.6) is 0 Å². The molecule has 0 spiro atoms. The van der Waals surface area contributed by atoms with E-state index in [4.69, 9.17) is 14.7 Å². The fourth-order valence-corrected chi connectivity index (χ4v) is 3.46. The molecule has 142 valence electrons. The normalized spacial score (nSPS) is 20.0. The summed E-state index contributed by atoms with van der Waals surface area (Å²) >= 11 is 0. The summed E-state index contributed by atoms with van der Waals surface area (Å²) in [6, 6.07) is 2.88. The van der Waals surface area contributed by atoms with Gasteiger partial charge in [0.25, 0.3) is 16.0 Å². The molecule has 1 aromatic heterocycles. The van der Waals surface area contributed by atoms with E-state index in [1.54, 1.807) is 12.1 Å². The van der Waals surface area contributed by atoms with Crippen LogP contribution in [0.25, 0.3) is 0 Å². The molecule has 1 aromatic rings. The Bertz CT molecular complexity index is 795. The van der Waals surface area contributed by atoms with Gasteiger partial charge in [0, 0.05) is 12.2 Å². The minimum atomic E-state index is -3.65. The summed E-state index contributed by atoms with van der Waals surface area (Å²) in [5, 5.41) is 0. The standard InChI is InChI=1S/C16H21N3O6S/c1-3-6-24-16(21)19-10-13(25-26(2,22)23)9-12(19)7-11-4-5-18-14(8-11)15(17)20/h3-5,8,12-13H,1,6-7,9-10H2,2H3,(H2,17,20)/t12-,13-/m1/s1. The van der Waals surface area contributed by atoms with Gasteiger partial charge in [-0.1, -0.05) is 12.7 Å². The van der Waals surface area contributed by atoms with E-state index < -0.39 is 28.2 Å². The zero-order valence-corrected chi connectivity index (χ0v) is 15.1. The van der Waals surface area contributed by atoms with Gasteiger partial charge in [-0.25, -0.2) is 4.79 Å². The smallest absolute Gasteiger partial charge is 0.410 e. The van der Waals surface area contributed by atoms with Crippen LogP contribution in [0.4, 0.5) is 4.79 Å². The van der Waals surface area contributed by atoms with E-state index >= 15 is 0 Å². The van der Waals surface area contributed by atoms with Gasteiger partial charge in [0.15, 0.2) is 0 Å². The average molecular weight is 383 g/mol. The number of likely N-dealkylation sites (tertiary alicyclic amines) is 1. The van der Waals surface area contributed by atoms with Crippen molar-refractivity contribution in [3.8, 4) is 0 Å². The summed E-state index contributed by atoms with van der Waals surface area (Å²) in [6.07, 6.45) is 3.29. The molecule has 2 rings (SSSR count). The molecule has 0 bridgehead atoms. The summed E-state index contributed by atoms with van der Waals surface area (Å²) in [7, 11) is -3.65. The first-order chi connectivity index (χ1) is 12.2. The van der Waals surface area contributed by atoms with Crippen molar-refractivity contribution in [1.82, 2.24) is 9.88 Å². The van der Waals surface area contributed by atoms with Gasteiger partial charge in [-0.05, 0) is 30.5 Å². The second kappa shape index (κ2) is 8.28. The number of carbonyl (C=O) groups excluding carboxylic acids is 2. The lowest BCUT2D eigenvalue weighted by Gasteiger charge is -2.23. The van der Waals surface area contributed by atoms with Crippen molar-refractivity contribution in [1.29, 1.82) is 0 Å². The lowest BCUT2D eigenvalue weighted by Crippen LogP contribution is -2.38. The average Bonchev–Trinajstić information content (AvgIpc) is 2.93. The zero-order valence-electron chi connectivity index (χ0n) is 14.3. The minimum Gasteiger partial charge on any atom is -0.445 e. The molecular weight excluding hydrogens is 362 g/mol. The van der Waals surface area contributed by atoms with Gasteiger partial charge in [0.05, 0.1) is 18.9 Å². The van der Waals surface area contributed by atoms with Crippen molar-refractivity contribution >= 4 is 22.1 Å². The number of amides is 2. The molecule has 2 atom stereocenters. The van der Waals surface area contributed by atoms with Crippen LogP contribution in [0.2, 0.25) is 0 Å². The van der Waals surface area contributed by atoms with E-state index in [1.165, 1.54) is 17.2 Å². The van der Waals surface area contributed by atoms with Crippen LogP contribution in [-0.2, 0) is 25.5 Å².